The second-order valence-electron chi connectivity index (χ2n) is 5.03. The van der Waals surface area contributed by atoms with Crippen LogP contribution in [0.1, 0.15) is 12.0 Å². The fourth-order valence-corrected chi connectivity index (χ4v) is 2.37. The van der Waals surface area contributed by atoms with Crippen LogP contribution in [0.2, 0.25) is 0 Å². The van der Waals surface area contributed by atoms with Gasteiger partial charge in [0, 0.05) is 31.9 Å². The fraction of sp³-hybridized carbons (Fsp3) is 0.467. The Balaban J connectivity index is 1.89. The number of hydrogen-bond donors (Lipinski definition) is 2. The van der Waals surface area contributed by atoms with Gasteiger partial charge in [-0.15, -0.1) is 0 Å². The van der Waals surface area contributed by atoms with Gasteiger partial charge in [0.05, 0.1) is 18.2 Å². The summed E-state index contributed by atoms with van der Waals surface area (Å²) in [6, 6.07) is 8.75. The monoisotopic (exact) mass is 288 g/mol. The summed E-state index contributed by atoms with van der Waals surface area (Å²) in [5.41, 5.74) is 1.26. The minimum Gasteiger partial charge on any atom is -0.395 e. The van der Waals surface area contributed by atoms with Crippen molar-refractivity contribution in [2.45, 2.75) is 6.42 Å². The largest absolute Gasteiger partial charge is 0.395 e. The summed E-state index contributed by atoms with van der Waals surface area (Å²) in [6.07, 6.45) is 0.904. The summed E-state index contributed by atoms with van der Waals surface area (Å²) in [5, 5.41) is 20.6. The zero-order valence-corrected chi connectivity index (χ0v) is 12.0. The third-order valence-corrected chi connectivity index (χ3v) is 3.56. The molecule has 0 bridgehead atoms. The molecule has 1 saturated heterocycles. The Labute approximate surface area is 124 Å². The number of carbonyl (C=O) groups excluding carboxylic acids is 1. The first-order valence-electron chi connectivity index (χ1n) is 7.12. The van der Waals surface area contributed by atoms with Crippen molar-refractivity contribution in [2.24, 2.45) is 0 Å². The van der Waals surface area contributed by atoms with Crippen molar-refractivity contribution in [1.29, 1.82) is 5.26 Å². The van der Waals surface area contributed by atoms with E-state index in [0.29, 0.717) is 30.9 Å². The van der Waals surface area contributed by atoms with Crippen LogP contribution in [-0.2, 0) is 0 Å². The fourth-order valence-electron chi connectivity index (χ4n) is 2.37. The van der Waals surface area contributed by atoms with E-state index in [2.05, 4.69) is 10.2 Å². The number of carbonyl (C=O) groups is 1. The Morgan fingerprint density at radius 1 is 1.24 bits per heavy atom. The van der Waals surface area contributed by atoms with E-state index in [1.54, 1.807) is 29.2 Å². The number of aliphatic hydroxyl groups is 1. The number of β-amino-alcohol motifs (C(OH)–C–C–N with tert-alkyl or cyclic N) is 1. The van der Waals surface area contributed by atoms with Crippen molar-refractivity contribution in [2.75, 3.05) is 44.6 Å². The summed E-state index contributed by atoms with van der Waals surface area (Å²) in [4.78, 5) is 16.2. The van der Waals surface area contributed by atoms with E-state index in [1.807, 2.05) is 6.07 Å². The molecular formula is C15H20N4O2. The predicted molar refractivity (Wildman–Crippen MR) is 79.9 cm³/mol. The highest BCUT2D eigenvalue weighted by Gasteiger charge is 2.18. The lowest BCUT2D eigenvalue weighted by atomic mass is 10.2. The number of urea groups is 1. The van der Waals surface area contributed by atoms with Crippen LogP contribution in [0, 0.1) is 11.3 Å². The Bertz CT molecular complexity index is 509. The summed E-state index contributed by atoms with van der Waals surface area (Å²) >= 11 is 0. The molecule has 0 unspecified atom stereocenters. The van der Waals surface area contributed by atoms with Gasteiger partial charge < -0.3 is 15.3 Å². The lowest BCUT2D eigenvalue weighted by molar-refractivity contribution is 0.194. The first kappa shape index (κ1) is 15.3. The van der Waals surface area contributed by atoms with Crippen LogP contribution in [0.3, 0.4) is 0 Å². The number of benzene rings is 1. The maximum atomic E-state index is 12.2. The number of nitrogens with zero attached hydrogens (tertiary/aromatic N) is 3. The lowest BCUT2D eigenvalue weighted by Gasteiger charge is -2.22. The van der Waals surface area contributed by atoms with Crippen molar-refractivity contribution in [1.82, 2.24) is 9.80 Å². The molecule has 0 aliphatic carbocycles. The summed E-state index contributed by atoms with van der Waals surface area (Å²) < 4.78 is 0. The van der Waals surface area contributed by atoms with Crippen LogP contribution in [-0.4, -0.2) is 60.3 Å². The van der Waals surface area contributed by atoms with Crippen molar-refractivity contribution >= 4 is 11.7 Å². The molecule has 0 atom stereocenters. The van der Waals surface area contributed by atoms with Gasteiger partial charge in [-0.25, -0.2) is 4.79 Å². The van der Waals surface area contributed by atoms with E-state index in [-0.39, 0.29) is 12.6 Å². The molecule has 1 aliphatic rings. The molecule has 2 amide bonds. The molecule has 1 heterocycles. The molecule has 1 aromatic carbocycles. The van der Waals surface area contributed by atoms with Crippen molar-refractivity contribution < 1.29 is 9.90 Å². The topological polar surface area (TPSA) is 79.6 Å². The highest BCUT2D eigenvalue weighted by molar-refractivity contribution is 5.89. The molecule has 0 saturated carbocycles. The van der Waals surface area contributed by atoms with Gasteiger partial charge >= 0.3 is 6.03 Å². The lowest BCUT2D eigenvalue weighted by Crippen LogP contribution is -2.38. The van der Waals surface area contributed by atoms with Crippen LogP contribution in [0.25, 0.3) is 0 Å². The van der Waals surface area contributed by atoms with Gasteiger partial charge in [0.25, 0.3) is 0 Å². The zero-order valence-electron chi connectivity index (χ0n) is 12.0. The van der Waals surface area contributed by atoms with Crippen LogP contribution in [0.4, 0.5) is 10.5 Å². The minimum absolute atomic E-state index is 0.120. The Morgan fingerprint density at radius 3 is 2.67 bits per heavy atom. The van der Waals surface area contributed by atoms with E-state index in [9.17, 15) is 4.79 Å². The van der Waals surface area contributed by atoms with Crippen LogP contribution in [0.5, 0.6) is 0 Å². The van der Waals surface area contributed by atoms with Crippen molar-refractivity contribution in [3.8, 4) is 6.07 Å². The Morgan fingerprint density at radius 2 is 2.00 bits per heavy atom. The Kier molecular flexibility index (Phi) is 5.55. The van der Waals surface area contributed by atoms with Gasteiger partial charge in [-0.1, -0.05) is 0 Å². The number of rotatable bonds is 3. The molecule has 2 rings (SSSR count). The van der Waals surface area contributed by atoms with Crippen LogP contribution >= 0.6 is 0 Å². The first-order chi connectivity index (χ1) is 10.2. The van der Waals surface area contributed by atoms with Gasteiger partial charge in [-0.3, -0.25) is 4.90 Å². The molecule has 2 N–H and O–H groups in total. The van der Waals surface area contributed by atoms with Crippen LogP contribution in [0.15, 0.2) is 24.3 Å². The number of hydrogen-bond acceptors (Lipinski definition) is 4. The molecule has 0 radical (unpaired) electrons. The number of anilines is 1. The molecule has 1 aromatic rings. The molecule has 6 nitrogen and oxygen atoms in total. The average Bonchev–Trinajstić information content (AvgIpc) is 2.74. The highest BCUT2D eigenvalue weighted by atomic mass is 16.3. The normalized spacial score (nSPS) is 16.1. The number of amides is 2. The van der Waals surface area contributed by atoms with E-state index in [4.69, 9.17) is 10.4 Å². The van der Waals surface area contributed by atoms with Gasteiger partial charge in [-0.05, 0) is 37.2 Å². The molecule has 21 heavy (non-hydrogen) atoms. The predicted octanol–water partition coefficient (Wildman–Crippen LogP) is 1.09. The molecule has 6 heteroatoms. The minimum atomic E-state index is -0.120. The van der Waals surface area contributed by atoms with E-state index in [1.165, 1.54) is 0 Å². The molecule has 1 fully saturated rings. The standard InChI is InChI=1S/C15H20N4O2/c16-12-13-2-4-14(5-3-13)17-15(21)19-7-1-6-18(8-9-19)10-11-20/h2-5,20H,1,6-11H2,(H,17,21). The molecule has 112 valence electrons. The van der Waals surface area contributed by atoms with E-state index >= 15 is 0 Å². The van der Waals surface area contributed by atoms with Gasteiger partial charge in [-0.2, -0.15) is 5.26 Å². The average molecular weight is 288 g/mol. The highest BCUT2D eigenvalue weighted by Crippen LogP contribution is 2.11. The van der Waals surface area contributed by atoms with Gasteiger partial charge in [0.2, 0.25) is 0 Å². The second kappa shape index (κ2) is 7.62. The smallest absolute Gasteiger partial charge is 0.321 e. The second-order valence-corrected chi connectivity index (χ2v) is 5.03. The molecule has 0 aromatic heterocycles. The Hall–Kier alpha value is -2.10. The third kappa shape index (κ3) is 4.45. The quantitative estimate of drug-likeness (QED) is 0.872. The molecule has 1 aliphatic heterocycles. The SMILES string of the molecule is N#Cc1ccc(NC(=O)N2CCCN(CCO)CC2)cc1. The molecule has 0 spiro atoms. The maximum Gasteiger partial charge on any atom is 0.321 e. The molecular weight excluding hydrogens is 268 g/mol. The number of nitriles is 1. The number of aliphatic hydroxyl groups excluding tert-OH is 1. The van der Waals surface area contributed by atoms with Gasteiger partial charge in [0.15, 0.2) is 0 Å². The summed E-state index contributed by atoms with van der Waals surface area (Å²) in [6.45, 7) is 3.86. The van der Waals surface area contributed by atoms with E-state index < -0.39 is 0 Å². The zero-order chi connectivity index (χ0) is 15.1. The summed E-state index contributed by atoms with van der Waals surface area (Å²) in [5.74, 6) is 0. The van der Waals surface area contributed by atoms with E-state index in [0.717, 1.165) is 19.5 Å². The number of nitrogens with one attached hydrogen (secondary N) is 1. The van der Waals surface area contributed by atoms with Gasteiger partial charge in [0.1, 0.15) is 0 Å². The van der Waals surface area contributed by atoms with Crippen molar-refractivity contribution in [3.63, 3.8) is 0 Å². The first-order valence-corrected chi connectivity index (χ1v) is 7.12. The maximum absolute atomic E-state index is 12.2. The summed E-state index contributed by atoms with van der Waals surface area (Å²) in [7, 11) is 0. The van der Waals surface area contributed by atoms with Crippen LogP contribution < -0.4 is 5.32 Å². The third-order valence-electron chi connectivity index (χ3n) is 3.56. The van der Waals surface area contributed by atoms with Crippen molar-refractivity contribution in [3.05, 3.63) is 29.8 Å².